The van der Waals surface area contributed by atoms with Crippen LogP contribution >= 0.6 is 11.6 Å². The summed E-state index contributed by atoms with van der Waals surface area (Å²) >= 11 is 6.35. The summed E-state index contributed by atoms with van der Waals surface area (Å²) in [5, 5.41) is 0.520. The molecule has 2 aromatic rings. The van der Waals surface area contributed by atoms with E-state index in [1.54, 1.807) is 7.11 Å². The minimum atomic E-state index is 0.373. The van der Waals surface area contributed by atoms with Crippen molar-refractivity contribution in [3.8, 4) is 17.2 Å². The largest absolute Gasteiger partial charge is 0.493 e. The number of nitrogens with two attached hydrogens (primary N) is 1. The number of hydrogen-bond acceptors (Lipinski definition) is 4. The molecular formula is C21H28ClNO3. The first-order chi connectivity index (χ1) is 12.5. The van der Waals surface area contributed by atoms with Crippen molar-refractivity contribution < 1.29 is 14.2 Å². The summed E-state index contributed by atoms with van der Waals surface area (Å²) in [7, 11) is 1.60. The van der Waals surface area contributed by atoms with Crippen LogP contribution in [0.5, 0.6) is 17.2 Å². The van der Waals surface area contributed by atoms with Crippen molar-refractivity contribution in [2.24, 2.45) is 5.73 Å². The third kappa shape index (κ3) is 5.29. The zero-order valence-electron chi connectivity index (χ0n) is 16.0. The fourth-order valence-electron chi connectivity index (χ4n) is 2.76. The van der Waals surface area contributed by atoms with Crippen LogP contribution in [0.4, 0.5) is 0 Å². The van der Waals surface area contributed by atoms with Gasteiger partial charge in [-0.15, -0.1) is 0 Å². The molecule has 26 heavy (non-hydrogen) atoms. The standard InChI is InChI=1S/C21H28ClNO3/c1-14(2)17-6-5-15(3)11-19(17)25-9-10-26-21-18(22)12-16(7-8-23)13-20(21)24-4/h5-6,11-14H,7-10,23H2,1-4H3. The highest BCUT2D eigenvalue weighted by Crippen LogP contribution is 2.36. The molecule has 0 aromatic heterocycles. The van der Waals surface area contributed by atoms with Crippen molar-refractivity contribution in [2.75, 3.05) is 26.9 Å². The Labute approximate surface area is 161 Å². The highest BCUT2D eigenvalue weighted by Gasteiger charge is 2.13. The topological polar surface area (TPSA) is 53.7 Å². The van der Waals surface area contributed by atoms with E-state index in [0.717, 1.165) is 17.7 Å². The van der Waals surface area contributed by atoms with Gasteiger partial charge in [0, 0.05) is 0 Å². The maximum Gasteiger partial charge on any atom is 0.179 e. The molecule has 142 valence electrons. The molecular weight excluding hydrogens is 350 g/mol. The van der Waals surface area contributed by atoms with Crippen LogP contribution in [0.2, 0.25) is 5.02 Å². The molecule has 0 saturated carbocycles. The quantitative estimate of drug-likeness (QED) is 0.641. The lowest BCUT2D eigenvalue weighted by Gasteiger charge is -2.17. The molecule has 0 aliphatic heterocycles. The summed E-state index contributed by atoms with van der Waals surface area (Å²) in [5.41, 5.74) is 9.00. The average Bonchev–Trinajstić information content (AvgIpc) is 2.59. The first-order valence-electron chi connectivity index (χ1n) is 8.88. The molecule has 0 amide bonds. The average molecular weight is 378 g/mol. The molecule has 2 aromatic carbocycles. The molecule has 2 N–H and O–H groups in total. The van der Waals surface area contributed by atoms with Crippen molar-refractivity contribution in [1.29, 1.82) is 0 Å². The van der Waals surface area contributed by atoms with Crippen LogP contribution in [0.3, 0.4) is 0 Å². The highest BCUT2D eigenvalue weighted by molar-refractivity contribution is 6.32. The van der Waals surface area contributed by atoms with Crippen molar-refractivity contribution in [3.63, 3.8) is 0 Å². The van der Waals surface area contributed by atoms with Crippen LogP contribution in [0, 0.1) is 6.92 Å². The molecule has 0 atom stereocenters. The zero-order chi connectivity index (χ0) is 19.1. The Kier molecular flexibility index (Phi) is 7.61. The Bertz CT molecular complexity index is 731. The molecule has 0 unspecified atom stereocenters. The van der Waals surface area contributed by atoms with E-state index in [0.29, 0.717) is 42.2 Å². The number of rotatable bonds is 9. The van der Waals surface area contributed by atoms with Gasteiger partial charge in [0.1, 0.15) is 19.0 Å². The molecule has 0 aliphatic rings. The van der Waals surface area contributed by atoms with Gasteiger partial charge < -0.3 is 19.9 Å². The van der Waals surface area contributed by atoms with Gasteiger partial charge in [-0.3, -0.25) is 0 Å². The van der Waals surface area contributed by atoms with E-state index in [2.05, 4.69) is 39.0 Å². The molecule has 0 fully saturated rings. The van der Waals surface area contributed by atoms with E-state index in [9.17, 15) is 0 Å². The molecule has 0 heterocycles. The fraction of sp³-hybridized carbons (Fsp3) is 0.429. The summed E-state index contributed by atoms with van der Waals surface area (Å²) in [6.07, 6.45) is 0.741. The number of hydrogen-bond donors (Lipinski definition) is 1. The van der Waals surface area contributed by atoms with Crippen molar-refractivity contribution in [2.45, 2.75) is 33.1 Å². The maximum absolute atomic E-state index is 6.35. The zero-order valence-corrected chi connectivity index (χ0v) is 16.7. The molecule has 2 rings (SSSR count). The van der Waals surface area contributed by atoms with Gasteiger partial charge in [0.15, 0.2) is 11.5 Å². The molecule has 0 radical (unpaired) electrons. The lowest BCUT2D eigenvalue weighted by Crippen LogP contribution is -2.11. The fourth-order valence-corrected chi connectivity index (χ4v) is 3.05. The lowest BCUT2D eigenvalue weighted by molar-refractivity contribution is 0.210. The number of ether oxygens (including phenoxy) is 3. The number of halogens is 1. The first-order valence-corrected chi connectivity index (χ1v) is 9.26. The van der Waals surface area contributed by atoms with E-state index >= 15 is 0 Å². The number of methoxy groups -OCH3 is 1. The van der Waals surface area contributed by atoms with E-state index in [1.165, 1.54) is 11.1 Å². The van der Waals surface area contributed by atoms with Gasteiger partial charge in [-0.1, -0.05) is 37.6 Å². The SMILES string of the molecule is COc1cc(CCN)cc(Cl)c1OCCOc1cc(C)ccc1C(C)C. The predicted octanol–water partition coefficient (Wildman–Crippen LogP) is 4.74. The van der Waals surface area contributed by atoms with Crippen LogP contribution < -0.4 is 19.9 Å². The Morgan fingerprint density at radius 1 is 1.04 bits per heavy atom. The summed E-state index contributed by atoms with van der Waals surface area (Å²) in [4.78, 5) is 0. The molecule has 0 aliphatic carbocycles. The van der Waals surface area contributed by atoms with E-state index in [4.69, 9.17) is 31.5 Å². The van der Waals surface area contributed by atoms with Gasteiger partial charge in [0.05, 0.1) is 12.1 Å². The Hall–Kier alpha value is -1.91. The summed E-state index contributed by atoms with van der Waals surface area (Å²) in [5.74, 6) is 2.45. The van der Waals surface area contributed by atoms with Crippen LogP contribution in [-0.4, -0.2) is 26.9 Å². The maximum atomic E-state index is 6.35. The molecule has 4 nitrogen and oxygen atoms in total. The normalized spacial score (nSPS) is 10.9. The van der Waals surface area contributed by atoms with Gasteiger partial charge >= 0.3 is 0 Å². The van der Waals surface area contributed by atoms with E-state index < -0.39 is 0 Å². The highest BCUT2D eigenvalue weighted by atomic mass is 35.5. The van der Waals surface area contributed by atoms with Crippen LogP contribution in [0.25, 0.3) is 0 Å². The van der Waals surface area contributed by atoms with Crippen molar-refractivity contribution >= 4 is 11.6 Å². The third-order valence-electron chi connectivity index (χ3n) is 4.10. The second kappa shape index (κ2) is 9.70. The molecule has 0 saturated heterocycles. The monoisotopic (exact) mass is 377 g/mol. The van der Waals surface area contributed by atoms with Gasteiger partial charge in [-0.2, -0.15) is 0 Å². The van der Waals surface area contributed by atoms with Gasteiger partial charge in [0.25, 0.3) is 0 Å². The summed E-state index contributed by atoms with van der Waals surface area (Å²) in [6, 6.07) is 10.1. The third-order valence-corrected chi connectivity index (χ3v) is 4.38. The Morgan fingerprint density at radius 2 is 1.77 bits per heavy atom. The van der Waals surface area contributed by atoms with Gasteiger partial charge in [-0.25, -0.2) is 0 Å². The van der Waals surface area contributed by atoms with Crippen LogP contribution in [0.1, 0.15) is 36.5 Å². The van der Waals surface area contributed by atoms with Gasteiger partial charge in [-0.05, 0) is 60.7 Å². The smallest absolute Gasteiger partial charge is 0.179 e. The predicted molar refractivity (Wildman–Crippen MR) is 107 cm³/mol. The second-order valence-corrected chi connectivity index (χ2v) is 6.95. The second-order valence-electron chi connectivity index (χ2n) is 6.54. The van der Waals surface area contributed by atoms with Crippen LogP contribution in [0.15, 0.2) is 30.3 Å². The van der Waals surface area contributed by atoms with E-state index in [1.807, 2.05) is 12.1 Å². The van der Waals surface area contributed by atoms with Gasteiger partial charge in [0.2, 0.25) is 0 Å². The number of benzene rings is 2. The Balaban J connectivity index is 2.01. The molecule has 0 bridgehead atoms. The molecule has 0 spiro atoms. The molecule has 5 heteroatoms. The van der Waals surface area contributed by atoms with Crippen LogP contribution in [-0.2, 0) is 6.42 Å². The Morgan fingerprint density at radius 3 is 2.42 bits per heavy atom. The summed E-state index contributed by atoms with van der Waals surface area (Å²) < 4.78 is 17.2. The van der Waals surface area contributed by atoms with Crippen molar-refractivity contribution in [1.82, 2.24) is 0 Å². The minimum Gasteiger partial charge on any atom is -0.493 e. The van der Waals surface area contributed by atoms with E-state index in [-0.39, 0.29) is 0 Å². The number of aryl methyl sites for hydroxylation is 1. The summed E-state index contributed by atoms with van der Waals surface area (Å²) in [6.45, 7) is 7.72. The van der Waals surface area contributed by atoms with Crippen molar-refractivity contribution in [3.05, 3.63) is 52.0 Å². The first kappa shape index (κ1) is 20.4. The minimum absolute atomic E-state index is 0.373. The lowest BCUT2D eigenvalue weighted by atomic mass is 10.0.